The molecular weight excluding hydrogens is 210 g/mol. The molecule has 2 rings (SSSR count). The molecule has 2 fully saturated rings. The van der Waals surface area contributed by atoms with E-state index < -0.39 is 0 Å². The highest BCUT2D eigenvalue weighted by atomic mass is 32.2. The Labute approximate surface area is 95.3 Å². The van der Waals surface area contributed by atoms with Gasteiger partial charge in [0.1, 0.15) is 6.04 Å². The van der Waals surface area contributed by atoms with Gasteiger partial charge in [0.2, 0.25) is 0 Å². The van der Waals surface area contributed by atoms with Crippen LogP contribution in [-0.4, -0.2) is 36.7 Å². The van der Waals surface area contributed by atoms with Crippen LogP contribution < -0.4 is 5.32 Å². The summed E-state index contributed by atoms with van der Waals surface area (Å²) in [5.74, 6) is 2.86. The Morgan fingerprint density at radius 2 is 2.27 bits per heavy atom. The number of rotatable bonds is 4. The van der Waals surface area contributed by atoms with Crippen LogP contribution in [0.4, 0.5) is 0 Å². The SMILES string of the molecule is COC(=O)C(NC1CCCSC1)C1CC1. The van der Waals surface area contributed by atoms with Crippen molar-refractivity contribution in [1.29, 1.82) is 0 Å². The van der Waals surface area contributed by atoms with Gasteiger partial charge in [-0.3, -0.25) is 4.79 Å². The summed E-state index contributed by atoms with van der Waals surface area (Å²) in [5, 5.41) is 3.47. The zero-order valence-corrected chi connectivity index (χ0v) is 10.0. The fourth-order valence-electron chi connectivity index (χ4n) is 2.08. The van der Waals surface area contributed by atoms with Crippen LogP contribution in [0.2, 0.25) is 0 Å². The molecule has 2 atom stereocenters. The zero-order valence-electron chi connectivity index (χ0n) is 9.20. The Hall–Kier alpha value is -0.220. The highest BCUT2D eigenvalue weighted by Gasteiger charge is 2.38. The summed E-state index contributed by atoms with van der Waals surface area (Å²) in [6.07, 6.45) is 4.81. The van der Waals surface area contributed by atoms with Gasteiger partial charge in [-0.2, -0.15) is 11.8 Å². The molecule has 1 saturated carbocycles. The number of ether oxygens (including phenoxy) is 1. The van der Waals surface area contributed by atoms with Crippen LogP contribution in [0.5, 0.6) is 0 Å². The van der Waals surface area contributed by atoms with Crippen molar-refractivity contribution in [2.75, 3.05) is 18.6 Å². The molecule has 0 spiro atoms. The van der Waals surface area contributed by atoms with Gasteiger partial charge >= 0.3 is 5.97 Å². The molecule has 0 aromatic heterocycles. The van der Waals surface area contributed by atoms with E-state index >= 15 is 0 Å². The van der Waals surface area contributed by atoms with E-state index in [9.17, 15) is 4.79 Å². The van der Waals surface area contributed by atoms with Gasteiger partial charge in [-0.25, -0.2) is 0 Å². The molecule has 1 heterocycles. The lowest BCUT2D eigenvalue weighted by atomic mass is 10.1. The molecule has 0 aromatic rings. The van der Waals surface area contributed by atoms with Gasteiger partial charge in [-0.1, -0.05) is 0 Å². The number of esters is 1. The van der Waals surface area contributed by atoms with Crippen LogP contribution in [0.15, 0.2) is 0 Å². The fourth-order valence-corrected chi connectivity index (χ4v) is 3.16. The molecule has 0 amide bonds. The monoisotopic (exact) mass is 229 g/mol. The Morgan fingerprint density at radius 1 is 1.47 bits per heavy atom. The number of carbonyl (C=O) groups excluding carboxylic acids is 1. The minimum Gasteiger partial charge on any atom is -0.468 e. The van der Waals surface area contributed by atoms with Crippen LogP contribution in [0.1, 0.15) is 25.7 Å². The third-order valence-corrected chi connectivity index (χ3v) is 4.34. The Balaban J connectivity index is 1.84. The molecule has 0 bridgehead atoms. The first-order valence-electron chi connectivity index (χ1n) is 5.73. The zero-order chi connectivity index (χ0) is 10.7. The van der Waals surface area contributed by atoms with Gasteiger partial charge in [0.25, 0.3) is 0 Å². The molecule has 4 heteroatoms. The normalized spacial score (nSPS) is 28.5. The van der Waals surface area contributed by atoms with Crippen LogP contribution in [-0.2, 0) is 9.53 Å². The largest absolute Gasteiger partial charge is 0.468 e. The van der Waals surface area contributed by atoms with E-state index in [0.29, 0.717) is 12.0 Å². The second-order valence-electron chi connectivity index (χ2n) is 4.42. The molecule has 0 aromatic carbocycles. The van der Waals surface area contributed by atoms with Gasteiger partial charge in [-0.15, -0.1) is 0 Å². The molecule has 1 saturated heterocycles. The van der Waals surface area contributed by atoms with E-state index in [1.54, 1.807) is 0 Å². The predicted octanol–water partition coefficient (Wildman–Crippen LogP) is 1.42. The van der Waals surface area contributed by atoms with Crippen LogP contribution in [0.3, 0.4) is 0 Å². The number of methoxy groups -OCH3 is 1. The van der Waals surface area contributed by atoms with Crippen LogP contribution in [0.25, 0.3) is 0 Å². The van der Waals surface area contributed by atoms with Crippen molar-refractivity contribution >= 4 is 17.7 Å². The second-order valence-corrected chi connectivity index (χ2v) is 5.57. The van der Waals surface area contributed by atoms with Gasteiger partial charge in [0.15, 0.2) is 0 Å². The van der Waals surface area contributed by atoms with Crippen molar-refractivity contribution in [2.24, 2.45) is 5.92 Å². The summed E-state index contributed by atoms with van der Waals surface area (Å²) in [6.45, 7) is 0. The van der Waals surface area contributed by atoms with Gasteiger partial charge in [-0.05, 0) is 37.4 Å². The number of hydrogen-bond acceptors (Lipinski definition) is 4. The van der Waals surface area contributed by atoms with Crippen molar-refractivity contribution in [3.05, 3.63) is 0 Å². The second kappa shape index (κ2) is 5.21. The first-order valence-corrected chi connectivity index (χ1v) is 6.88. The standard InChI is InChI=1S/C11H19NO2S/c1-14-11(13)10(8-4-5-8)12-9-3-2-6-15-7-9/h8-10,12H,2-7H2,1H3. The first-order chi connectivity index (χ1) is 7.31. The van der Waals surface area contributed by atoms with E-state index in [0.717, 1.165) is 5.75 Å². The molecule has 1 aliphatic carbocycles. The topological polar surface area (TPSA) is 38.3 Å². The van der Waals surface area contributed by atoms with E-state index in [4.69, 9.17) is 4.74 Å². The quantitative estimate of drug-likeness (QED) is 0.740. The maximum absolute atomic E-state index is 11.6. The third-order valence-electron chi connectivity index (χ3n) is 3.12. The van der Waals surface area contributed by atoms with Crippen LogP contribution in [0, 0.1) is 5.92 Å². The van der Waals surface area contributed by atoms with Gasteiger partial charge in [0.05, 0.1) is 7.11 Å². The van der Waals surface area contributed by atoms with Gasteiger partial charge in [0, 0.05) is 11.8 Å². The van der Waals surface area contributed by atoms with Crippen molar-refractivity contribution in [1.82, 2.24) is 5.32 Å². The van der Waals surface area contributed by atoms with Gasteiger partial charge < -0.3 is 10.1 Å². The predicted molar refractivity (Wildman–Crippen MR) is 62.0 cm³/mol. The first kappa shape index (κ1) is 11.3. The summed E-state index contributed by atoms with van der Waals surface area (Å²) >= 11 is 1.98. The van der Waals surface area contributed by atoms with Crippen molar-refractivity contribution < 1.29 is 9.53 Å². The maximum Gasteiger partial charge on any atom is 0.323 e. The Morgan fingerprint density at radius 3 is 2.80 bits per heavy atom. The minimum absolute atomic E-state index is 0.0429. The van der Waals surface area contributed by atoms with E-state index in [2.05, 4.69) is 5.32 Å². The average Bonchev–Trinajstić information content (AvgIpc) is 3.10. The third kappa shape index (κ3) is 3.11. The summed E-state index contributed by atoms with van der Waals surface area (Å²) in [7, 11) is 1.48. The summed E-state index contributed by atoms with van der Waals surface area (Å²) < 4.78 is 4.85. The molecule has 2 unspecified atom stereocenters. The Kier molecular flexibility index (Phi) is 3.92. The molecule has 86 valence electrons. The molecule has 2 aliphatic rings. The van der Waals surface area contributed by atoms with Crippen molar-refractivity contribution in [2.45, 2.75) is 37.8 Å². The summed E-state index contributed by atoms with van der Waals surface area (Å²) in [4.78, 5) is 11.6. The highest BCUT2D eigenvalue weighted by molar-refractivity contribution is 7.99. The highest BCUT2D eigenvalue weighted by Crippen LogP contribution is 2.34. The van der Waals surface area contributed by atoms with E-state index in [-0.39, 0.29) is 12.0 Å². The number of carbonyl (C=O) groups is 1. The number of thioether (sulfide) groups is 1. The summed E-state index contributed by atoms with van der Waals surface area (Å²) in [6, 6.07) is 0.465. The smallest absolute Gasteiger partial charge is 0.323 e. The average molecular weight is 229 g/mol. The lowest BCUT2D eigenvalue weighted by molar-refractivity contribution is -0.143. The molecule has 1 N–H and O–H groups in total. The van der Waals surface area contributed by atoms with E-state index in [1.165, 1.54) is 38.5 Å². The fraction of sp³-hybridized carbons (Fsp3) is 0.909. The Bertz CT molecular complexity index is 225. The molecule has 3 nitrogen and oxygen atoms in total. The lowest BCUT2D eigenvalue weighted by Crippen LogP contribution is -2.47. The molecule has 0 radical (unpaired) electrons. The minimum atomic E-state index is -0.0759. The summed E-state index contributed by atoms with van der Waals surface area (Å²) in [5.41, 5.74) is 0. The maximum atomic E-state index is 11.6. The van der Waals surface area contributed by atoms with Crippen molar-refractivity contribution in [3.63, 3.8) is 0 Å². The van der Waals surface area contributed by atoms with Crippen molar-refractivity contribution in [3.8, 4) is 0 Å². The number of nitrogens with one attached hydrogen (secondary N) is 1. The number of hydrogen-bond donors (Lipinski definition) is 1. The molecular formula is C11H19NO2S. The molecule has 15 heavy (non-hydrogen) atoms. The lowest BCUT2D eigenvalue weighted by Gasteiger charge is -2.26. The van der Waals surface area contributed by atoms with E-state index in [1.807, 2.05) is 11.8 Å². The molecule has 1 aliphatic heterocycles. The van der Waals surface area contributed by atoms with Crippen LogP contribution >= 0.6 is 11.8 Å².